The van der Waals surface area contributed by atoms with Crippen LogP contribution < -0.4 is 10.2 Å². The summed E-state index contributed by atoms with van der Waals surface area (Å²) < 4.78 is 5.57. The fourth-order valence-corrected chi connectivity index (χ4v) is 2.81. The van der Waals surface area contributed by atoms with Crippen molar-refractivity contribution in [3.8, 4) is 0 Å². The Bertz CT molecular complexity index is 460. The molecule has 1 heterocycles. The van der Waals surface area contributed by atoms with Crippen molar-refractivity contribution in [2.24, 2.45) is 0 Å². The van der Waals surface area contributed by atoms with E-state index >= 15 is 0 Å². The molecule has 3 nitrogen and oxygen atoms in total. The maximum atomic E-state index is 6.50. The van der Waals surface area contributed by atoms with Gasteiger partial charge in [-0.2, -0.15) is 0 Å². The number of benzene rings is 1. The standard InChI is InChI=1S/C16H25ClN2O/c1-12(2)18-10-13-5-6-15(14(17)9-13)19-7-8-20-11-16(19,3)4/h5-6,9,12,18H,7-8,10-11H2,1-4H3. The van der Waals surface area contributed by atoms with Gasteiger partial charge in [0.05, 0.1) is 29.5 Å². The van der Waals surface area contributed by atoms with Gasteiger partial charge in [0, 0.05) is 19.1 Å². The van der Waals surface area contributed by atoms with E-state index in [1.807, 2.05) is 0 Å². The normalized spacial score (nSPS) is 18.6. The van der Waals surface area contributed by atoms with Gasteiger partial charge < -0.3 is 15.0 Å². The minimum absolute atomic E-state index is 0.0143. The van der Waals surface area contributed by atoms with Crippen LogP contribution in [0.25, 0.3) is 0 Å². The molecule has 0 aromatic heterocycles. The molecular formula is C16H25ClN2O. The van der Waals surface area contributed by atoms with Crippen molar-refractivity contribution in [1.82, 2.24) is 5.32 Å². The Kier molecular flexibility index (Phi) is 4.95. The Morgan fingerprint density at radius 2 is 2.15 bits per heavy atom. The van der Waals surface area contributed by atoms with Gasteiger partial charge in [0.25, 0.3) is 0 Å². The first-order chi connectivity index (χ1) is 9.40. The van der Waals surface area contributed by atoms with Crippen LogP contribution in [-0.4, -0.2) is 31.3 Å². The lowest BCUT2D eigenvalue weighted by Gasteiger charge is -2.44. The summed E-state index contributed by atoms with van der Waals surface area (Å²) in [6, 6.07) is 6.83. The fraction of sp³-hybridized carbons (Fsp3) is 0.625. The second kappa shape index (κ2) is 6.33. The number of anilines is 1. The van der Waals surface area contributed by atoms with Crippen LogP contribution in [-0.2, 0) is 11.3 Å². The van der Waals surface area contributed by atoms with E-state index in [-0.39, 0.29) is 5.54 Å². The minimum Gasteiger partial charge on any atom is -0.377 e. The predicted octanol–water partition coefficient (Wildman–Crippen LogP) is 3.45. The molecular weight excluding hydrogens is 272 g/mol. The molecule has 20 heavy (non-hydrogen) atoms. The SMILES string of the molecule is CC(C)NCc1ccc(N2CCOCC2(C)C)c(Cl)c1. The largest absolute Gasteiger partial charge is 0.377 e. The summed E-state index contributed by atoms with van der Waals surface area (Å²) in [6.07, 6.45) is 0. The Hall–Kier alpha value is -0.770. The summed E-state index contributed by atoms with van der Waals surface area (Å²) in [5, 5.41) is 4.23. The number of rotatable bonds is 4. The van der Waals surface area contributed by atoms with Crippen LogP contribution in [0.1, 0.15) is 33.3 Å². The quantitative estimate of drug-likeness (QED) is 0.921. The minimum atomic E-state index is -0.0143. The molecule has 0 unspecified atom stereocenters. The topological polar surface area (TPSA) is 24.5 Å². The van der Waals surface area contributed by atoms with Gasteiger partial charge in [0.1, 0.15) is 0 Å². The van der Waals surface area contributed by atoms with Crippen LogP contribution in [0, 0.1) is 0 Å². The van der Waals surface area contributed by atoms with Gasteiger partial charge in [-0.05, 0) is 31.5 Å². The lowest BCUT2D eigenvalue weighted by Crippen LogP contribution is -2.53. The van der Waals surface area contributed by atoms with Crippen LogP contribution in [0.2, 0.25) is 5.02 Å². The third-order valence-corrected chi connectivity index (χ3v) is 3.97. The molecule has 1 aromatic rings. The second-order valence-electron chi connectivity index (χ2n) is 6.34. The summed E-state index contributed by atoms with van der Waals surface area (Å²) in [4.78, 5) is 2.35. The van der Waals surface area contributed by atoms with Crippen molar-refractivity contribution in [3.05, 3.63) is 28.8 Å². The molecule has 1 fully saturated rings. The summed E-state index contributed by atoms with van der Waals surface area (Å²) in [7, 11) is 0. The smallest absolute Gasteiger partial charge is 0.0694 e. The monoisotopic (exact) mass is 296 g/mol. The van der Waals surface area contributed by atoms with Gasteiger partial charge in [-0.1, -0.05) is 31.5 Å². The molecule has 4 heteroatoms. The lowest BCUT2D eigenvalue weighted by molar-refractivity contribution is 0.0644. The van der Waals surface area contributed by atoms with Gasteiger partial charge in [-0.15, -0.1) is 0 Å². The van der Waals surface area contributed by atoms with E-state index in [0.717, 1.165) is 37.0 Å². The second-order valence-corrected chi connectivity index (χ2v) is 6.75. The number of nitrogens with zero attached hydrogens (tertiary/aromatic N) is 1. The maximum Gasteiger partial charge on any atom is 0.0694 e. The predicted molar refractivity (Wildman–Crippen MR) is 85.7 cm³/mol. The molecule has 0 amide bonds. The van der Waals surface area contributed by atoms with Gasteiger partial charge in [0.15, 0.2) is 0 Å². The molecule has 1 N–H and O–H groups in total. The van der Waals surface area contributed by atoms with E-state index in [2.05, 4.69) is 56.1 Å². The van der Waals surface area contributed by atoms with E-state index in [1.54, 1.807) is 0 Å². The van der Waals surface area contributed by atoms with Gasteiger partial charge >= 0.3 is 0 Å². The molecule has 0 aliphatic carbocycles. The van der Waals surface area contributed by atoms with Gasteiger partial charge in [-0.25, -0.2) is 0 Å². The zero-order valence-electron chi connectivity index (χ0n) is 12.9. The highest BCUT2D eigenvalue weighted by Gasteiger charge is 2.31. The van der Waals surface area contributed by atoms with Crippen molar-refractivity contribution in [3.63, 3.8) is 0 Å². The molecule has 1 aliphatic rings. The van der Waals surface area contributed by atoms with Crippen LogP contribution >= 0.6 is 11.6 Å². The Morgan fingerprint density at radius 3 is 2.75 bits per heavy atom. The Labute approximate surface area is 127 Å². The highest BCUT2D eigenvalue weighted by Crippen LogP contribution is 2.33. The number of nitrogens with one attached hydrogen (secondary N) is 1. The number of hydrogen-bond acceptors (Lipinski definition) is 3. The fourth-order valence-electron chi connectivity index (χ4n) is 2.51. The first kappa shape index (κ1) is 15.6. The molecule has 2 rings (SSSR count). The number of hydrogen-bond donors (Lipinski definition) is 1. The highest BCUT2D eigenvalue weighted by atomic mass is 35.5. The van der Waals surface area contributed by atoms with Crippen molar-refractivity contribution < 1.29 is 4.74 Å². The molecule has 1 saturated heterocycles. The van der Waals surface area contributed by atoms with Gasteiger partial charge in [0.2, 0.25) is 0 Å². The lowest BCUT2D eigenvalue weighted by atomic mass is 10.0. The summed E-state index contributed by atoms with van der Waals surface area (Å²) in [5.74, 6) is 0. The van der Waals surface area contributed by atoms with E-state index in [0.29, 0.717) is 6.04 Å². The molecule has 112 valence electrons. The maximum absolute atomic E-state index is 6.50. The molecule has 1 aromatic carbocycles. The van der Waals surface area contributed by atoms with Gasteiger partial charge in [-0.3, -0.25) is 0 Å². The average Bonchev–Trinajstić information content (AvgIpc) is 2.37. The van der Waals surface area contributed by atoms with Crippen molar-refractivity contribution in [1.29, 1.82) is 0 Å². The van der Waals surface area contributed by atoms with E-state index in [4.69, 9.17) is 16.3 Å². The van der Waals surface area contributed by atoms with Crippen molar-refractivity contribution >= 4 is 17.3 Å². The zero-order chi connectivity index (χ0) is 14.8. The molecule has 0 radical (unpaired) electrons. The summed E-state index contributed by atoms with van der Waals surface area (Å²) in [6.45, 7) is 11.9. The summed E-state index contributed by atoms with van der Waals surface area (Å²) >= 11 is 6.50. The Balaban J connectivity index is 2.16. The van der Waals surface area contributed by atoms with Crippen LogP contribution in [0.15, 0.2) is 18.2 Å². The first-order valence-electron chi connectivity index (χ1n) is 7.27. The number of morpholine rings is 1. The van der Waals surface area contributed by atoms with Crippen LogP contribution in [0.5, 0.6) is 0 Å². The summed E-state index contributed by atoms with van der Waals surface area (Å²) in [5.41, 5.74) is 2.31. The molecule has 0 spiro atoms. The third kappa shape index (κ3) is 3.66. The van der Waals surface area contributed by atoms with Crippen molar-refractivity contribution in [2.75, 3.05) is 24.7 Å². The number of halogens is 1. The average molecular weight is 297 g/mol. The zero-order valence-corrected chi connectivity index (χ0v) is 13.6. The van der Waals surface area contributed by atoms with E-state index in [1.165, 1.54) is 5.56 Å². The van der Waals surface area contributed by atoms with Crippen LogP contribution in [0.4, 0.5) is 5.69 Å². The van der Waals surface area contributed by atoms with E-state index < -0.39 is 0 Å². The van der Waals surface area contributed by atoms with Crippen LogP contribution in [0.3, 0.4) is 0 Å². The molecule has 0 bridgehead atoms. The highest BCUT2D eigenvalue weighted by molar-refractivity contribution is 6.33. The molecule has 0 saturated carbocycles. The number of ether oxygens (including phenoxy) is 1. The van der Waals surface area contributed by atoms with E-state index in [9.17, 15) is 0 Å². The molecule has 0 atom stereocenters. The third-order valence-electron chi connectivity index (χ3n) is 3.66. The van der Waals surface area contributed by atoms with Crippen molar-refractivity contribution in [2.45, 2.75) is 45.8 Å². The Morgan fingerprint density at radius 1 is 1.40 bits per heavy atom. The molecule has 1 aliphatic heterocycles. The first-order valence-corrected chi connectivity index (χ1v) is 7.65.